The van der Waals surface area contributed by atoms with E-state index in [-0.39, 0.29) is 30.4 Å². The van der Waals surface area contributed by atoms with Crippen molar-refractivity contribution in [1.82, 2.24) is 4.90 Å². The summed E-state index contributed by atoms with van der Waals surface area (Å²) < 4.78 is 32.4. The minimum Gasteiger partial charge on any atom is -0.497 e. The van der Waals surface area contributed by atoms with E-state index in [4.69, 9.17) is 4.74 Å². The van der Waals surface area contributed by atoms with Gasteiger partial charge in [-0.05, 0) is 54.1 Å². The van der Waals surface area contributed by atoms with E-state index in [1.54, 1.807) is 49.6 Å². The highest BCUT2D eigenvalue weighted by Gasteiger charge is 2.39. The van der Waals surface area contributed by atoms with Gasteiger partial charge < -0.3 is 10.1 Å². The Balaban J connectivity index is 1.55. The van der Waals surface area contributed by atoms with Crippen LogP contribution < -0.4 is 10.1 Å². The highest BCUT2D eigenvalue weighted by Crippen LogP contribution is 2.33. The van der Waals surface area contributed by atoms with Crippen molar-refractivity contribution in [2.45, 2.75) is 18.2 Å². The Morgan fingerprint density at radius 1 is 1.06 bits per heavy atom. The van der Waals surface area contributed by atoms with Gasteiger partial charge in [-0.15, -0.1) is 0 Å². The van der Waals surface area contributed by atoms with Crippen molar-refractivity contribution in [3.05, 3.63) is 90.0 Å². The third-order valence-corrected chi connectivity index (χ3v) is 6.27. The van der Waals surface area contributed by atoms with Crippen LogP contribution in [0.1, 0.15) is 12.0 Å². The Kier molecular flexibility index (Phi) is 7.22. The quantitative estimate of drug-likeness (QED) is 0.508. The van der Waals surface area contributed by atoms with Crippen molar-refractivity contribution >= 4 is 40.1 Å². The van der Waals surface area contributed by atoms with E-state index in [0.717, 1.165) is 11.8 Å². The van der Waals surface area contributed by atoms with Crippen LogP contribution in [0.5, 0.6) is 5.75 Å². The molecule has 2 amide bonds. The maximum atomic E-state index is 13.9. The minimum atomic E-state index is -0.732. The van der Waals surface area contributed by atoms with E-state index in [2.05, 4.69) is 10.3 Å². The van der Waals surface area contributed by atoms with Gasteiger partial charge in [0.05, 0.1) is 25.0 Å². The predicted molar refractivity (Wildman–Crippen MR) is 128 cm³/mol. The molecule has 1 unspecified atom stereocenters. The number of nitrogens with one attached hydrogen (secondary N) is 1. The van der Waals surface area contributed by atoms with Crippen LogP contribution in [0, 0.1) is 11.6 Å². The predicted octanol–water partition coefficient (Wildman–Crippen LogP) is 5.13. The second-order valence-corrected chi connectivity index (χ2v) is 8.65. The molecule has 0 saturated carbocycles. The third-order valence-electron chi connectivity index (χ3n) is 5.09. The molecule has 1 aliphatic rings. The van der Waals surface area contributed by atoms with Gasteiger partial charge in [-0.1, -0.05) is 36.0 Å². The largest absolute Gasteiger partial charge is 0.497 e. The van der Waals surface area contributed by atoms with E-state index >= 15 is 0 Å². The first-order valence-electron chi connectivity index (χ1n) is 10.4. The molecule has 6 nitrogen and oxygen atoms in total. The zero-order valence-corrected chi connectivity index (χ0v) is 19.0. The molecule has 3 aromatic carbocycles. The molecular weight excluding hydrogens is 460 g/mol. The van der Waals surface area contributed by atoms with Crippen LogP contribution >= 0.6 is 11.8 Å². The average Bonchev–Trinajstić information content (AvgIpc) is 3.11. The van der Waals surface area contributed by atoms with Crippen LogP contribution in [-0.4, -0.2) is 34.2 Å². The van der Waals surface area contributed by atoms with Gasteiger partial charge >= 0.3 is 0 Å². The van der Waals surface area contributed by atoms with Gasteiger partial charge in [-0.3, -0.25) is 14.5 Å². The van der Waals surface area contributed by atoms with Crippen molar-refractivity contribution in [3.8, 4) is 5.75 Å². The van der Waals surface area contributed by atoms with Crippen LogP contribution in [0.2, 0.25) is 0 Å². The molecule has 1 saturated heterocycles. The second kappa shape index (κ2) is 10.5. The first kappa shape index (κ1) is 23.4. The normalized spacial score (nSPS) is 16.7. The van der Waals surface area contributed by atoms with Crippen LogP contribution in [-0.2, 0) is 16.1 Å². The number of para-hydroxylation sites is 1. The number of carbonyl (C=O) groups is 2. The summed E-state index contributed by atoms with van der Waals surface area (Å²) in [5.74, 6) is -1.04. The number of halogens is 2. The number of benzene rings is 3. The summed E-state index contributed by atoms with van der Waals surface area (Å²) in [7, 11) is 1.56. The topological polar surface area (TPSA) is 71.0 Å². The SMILES string of the molecule is COc1ccc(N=C2SC(CC(=O)Nc3ccccc3F)C(=O)N2Cc2ccc(F)cc2)cc1. The Bertz CT molecular complexity index is 1220. The van der Waals surface area contributed by atoms with Gasteiger partial charge in [-0.25, -0.2) is 13.8 Å². The molecule has 34 heavy (non-hydrogen) atoms. The molecule has 1 N–H and O–H groups in total. The Labute approximate surface area is 199 Å². The monoisotopic (exact) mass is 481 g/mol. The first-order chi connectivity index (χ1) is 16.4. The molecule has 1 heterocycles. The molecule has 0 aliphatic carbocycles. The van der Waals surface area contributed by atoms with Crippen molar-refractivity contribution in [2.75, 3.05) is 12.4 Å². The maximum Gasteiger partial charge on any atom is 0.242 e. The highest BCUT2D eigenvalue weighted by atomic mass is 32.2. The number of carbonyl (C=O) groups excluding carboxylic acids is 2. The zero-order valence-electron chi connectivity index (χ0n) is 18.2. The summed E-state index contributed by atoms with van der Waals surface area (Å²) >= 11 is 1.16. The second-order valence-electron chi connectivity index (χ2n) is 7.48. The van der Waals surface area contributed by atoms with Crippen molar-refractivity contribution in [1.29, 1.82) is 0 Å². The number of ether oxygens (including phenoxy) is 1. The molecule has 0 radical (unpaired) electrons. The van der Waals surface area contributed by atoms with E-state index in [1.807, 2.05) is 0 Å². The van der Waals surface area contributed by atoms with E-state index in [9.17, 15) is 18.4 Å². The van der Waals surface area contributed by atoms with Crippen molar-refractivity contribution in [2.24, 2.45) is 4.99 Å². The number of nitrogens with zero attached hydrogens (tertiary/aromatic N) is 2. The number of hydrogen-bond acceptors (Lipinski definition) is 5. The van der Waals surface area contributed by atoms with Crippen molar-refractivity contribution < 1.29 is 23.1 Å². The lowest BCUT2D eigenvalue weighted by molar-refractivity contribution is -0.128. The molecule has 174 valence electrons. The summed E-state index contributed by atoms with van der Waals surface area (Å²) in [6.45, 7) is 0.173. The van der Waals surface area contributed by atoms with Crippen LogP contribution in [0.3, 0.4) is 0 Å². The smallest absolute Gasteiger partial charge is 0.242 e. The van der Waals surface area contributed by atoms with E-state index in [0.29, 0.717) is 22.2 Å². The molecule has 9 heteroatoms. The van der Waals surface area contributed by atoms with Gasteiger partial charge in [-0.2, -0.15) is 0 Å². The van der Waals surface area contributed by atoms with Gasteiger partial charge in [0.25, 0.3) is 0 Å². The average molecular weight is 482 g/mol. The molecule has 0 aromatic heterocycles. The summed E-state index contributed by atoms with van der Waals surface area (Å²) in [5, 5.41) is 2.20. The fraction of sp³-hybridized carbons (Fsp3) is 0.160. The summed E-state index contributed by atoms with van der Waals surface area (Å²) in [6, 6.07) is 18.7. The van der Waals surface area contributed by atoms with Gasteiger partial charge in [0, 0.05) is 6.42 Å². The number of hydrogen-bond donors (Lipinski definition) is 1. The molecule has 1 fully saturated rings. The van der Waals surface area contributed by atoms with Crippen LogP contribution in [0.15, 0.2) is 77.8 Å². The minimum absolute atomic E-state index is 0.0539. The lowest BCUT2D eigenvalue weighted by Crippen LogP contribution is -2.33. The van der Waals surface area contributed by atoms with E-state index in [1.165, 1.54) is 35.2 Å². The number of methoxy groups -OCH3 is 1. The number of thioether (sulfide) groups is 1. The lowest BCUT2D eigenvalue weighted by Gasteiger charge is -2.17. The fourth-order valence-electron chi connectivity index (χ4n) is 3.34. The summed E-state index contributed by atoms with van der Waals surface area (Å²) in [5.41, 5.74) is 1.38. The van der Waals surface area contributed by atoms with Gasteiger partial charge in [0.2, 0.25) is 11.8 Å². The molecule has 0 bridgehead atoms. The molecule has 1 aliphatic heterocycles. The van der Waals surface area contributed by atoms with Crippen LogP contribution in [0.4, 0.5) is 20.2 Å². The van der Waals surface area contributed by atoms with Gasteiger partial charge in [0.15, 0.2) is 5.17 Å². The van der Waals surface area contributed by atoms with Gasteiger partial charge in [0.1, 0.15) is 22.6 Å². The number of amidine groups is 1. The Morgan fingerprint density at radius 3 is 2.44 bits per heavy atom. The summed E-state index contributed by atoms with van der Waals surface area (Å²) in [4.78, 5) is 31.8. The Morgan fingerprint density at radius 2 is 1.76 bits per heavy atom. The first-order valence-corrected chi connectivity index (χ1v) is 11.3. The zero-order chi connectivity index (χ0) is 24.1. The van der Waals surface area contributed by atoms with E-state index < -0.39 is 17.0 Å². The molecule has 1 atom stereocenters. The molecular formula is C25H21F2N3O3S. The lowest BCUT2D eigenvalue weighted by atomic mass is 10.2. The standard InChI is InChI=1S/C25H21F2N3O3S/c1-33-19-12-10-18(11-13-19)28-25-30(15-16-6-8-17(26)9-7-16)24(32)22(34-25)14-23(31)29-21-5-3-2-4-20(21)27/h2-13,22H,14-15H2,1H3,(H,29,31). The number of amides is 2. The maximum absolute atomic E-state index is 13.9. The molecule has 0 spiro atoms. The number of aliphatic imine (C=N–C) groups is 1. The Hall–Kier alpha value is -3.72. The molecule has 4 rings (SSSR count). The number of rotatable bonds is 7. The van der Waals surface area contributed by atoms with Crippen molar-refractivity contribution in [3.63, 3.8) is 0 Å². The molecule has 3 aromatic rings. The third kappa shape index (κ3) is 5.60. The number of anilines is 1. The highest BCUT2D eigenvalue weighted by molar-refractivity contribution is 8.15. The van der Waals surface area contributed by atoms with Crippen LogP contribution in [0.25, 0.3) is 0 Å². The fourth-order valence-corrected chi connectivity index (χ4v) is 4.50. The summed E-state index contributed by atoms with van der Waals surface area (Å²) in [6.07, 6.45) is -0.153.